The fraction of sp³-hybridized carbons (Fsp3) is 0.400. The zero-order valence-corrected chi connectivity index (χ0v) is 9.07. The fourth-order valence-corrected chi connectivity index (χ4v) is 1.66. The molecule has 0 spiro atoms. The summed E-state index contributed by atoms with van der Waals surface area (Å²) < 4.78 is 1.58. The molecule has 2 rings (SSSR count). The van der Waals surface area contributed by atoms with Crippen LogP contribution in [0.1, 0.15) is 26.3 Å². The summed E-state index contributed by atoms with van der Waals surface area (Å²) in [5.74, 6) is -0.0763. The van der Waals surface area contributed by atoms with Crippen molar-refractivity contribution in [2.24, 2.45) is 0 Å². The van der Waals surface area contributed by atoms with Crippen LogP contribution in [0.15, 0.2) is 15.8 Å². The molecular weight excluding hydrogens is 210 g/mol. The van der Waals surface area contributed by atoms with Crippen molar-refractivity contribution in [3.63, 3.8) is 0 Å². The lowest BCUT2D eigenvalue weighted by Gasteiger charge is -2.11. The molecular formula is C10H13N3O3. The minimum Gasteiger partial charge on any atom is -0.493 e. The first-order valence-corrected chi connectivity index (χ1v) is 5.10. The van der Waals surface area contributed by atoms with Crippen LogP contribution in [-0.2, 0) is 0 Å². The summed E-state index contributed by atoms with van der Waals surface area (Å²) in [5, 5.41) is 10.2. The van der Waals surface area contributed by atoms with Crippen molar-refractivity contribution in [2.45, 2.75) is 26.3 Å². The summed E-state index contributed by atoms with van der Waals surface area (Å²) in [6, 6.07) is 0.0651. The molecule has 0 saturated heterocycles. The van der Waals surface area contributed by atoms with Crippen LogP contribution >= 0.6 is 0 Å². The van der Waals surface area contributed by atoms with E-state index in [0.717, 1.165) is 6.42 Å². The summed E-state index contributed by atoms with van der Waals surface area (Å²) in [6.45, 7) is 3.90. The zero-order chi connectivity index (χ0) is 11.9. The number of aromatic nitrogens is 3. The number of fused-ring (bicyclic) bond motifs is 1. The van der Waals surface area contributed by atoms with Crippen LogP contribution in [0.3, 0.4) is 0 Å². The largest absolute Gasteiger partial charge is 0.493 e. The molecule has 0 aliphatic rings. The second-order valence-corrected chi connectivity index (χ2v) is 3.81. The van der Waals surface area contributed by atoms with E-state index >= 15 is 0 Å². The molecule has 2 aromatic heterocycles. The molecule has 0 saturated carbocycles. The Kier molecular flexibility index (Phi) is 2.34. The highest BCUT2D eigenvalue weighted by atomic mass is 16.3. The number of H-pyrrole nitrogens is 2. The summed E-state index contributed by atoms with van der Waals surface area (Å²) in [4.78, 5) is 27.1. The molecule has 6 nitrogen and oxygen atoms in total. The van der Waals surface area contributed by atoms with E-state index in [2.05, 4.69) is 9.97 Å². The van der Waals surface area contributed by atoms with Crippen LogP contribution in [0, 0.1) is 0 Å². The first-order chi connectivity index (χ1) is 7.54. The molecule has 0 aliphatic heterocycles. The number of aromatic amines is 2. The maximum absolute atomic E-state index is 11.5. The topological polar surface area (TPSA) is 90.9 Å². The summed E-state index contributed by atoms with van der Waals surface area (Å²) in [6.07, 6.45) is 2.37. The van der Waals surface area contributed by atoms with E-state index in [0.29, 0.717) is 0 Å². The summed E-state index contributed by atoms with van der Waals surface area (Å²) in [5.41, 5.74) is -0.917. The van der Waals surface area contributed by atoms with Crippen LogP contribution < -0.4 is 11.2 Å². The Balaban J connectivity index is 2.83. The molecule has 3 N–H and O–H groups in total. The van der Waals surface area contributed by atoms with Gasteiger partial charge in [0.2, 0.25) is 5.88 Å². The molecule has 0 unspecified atom stereocenters. The van der Waals surface area contributed by atoms with Crippen molar-refractivity contribution in [3.05, 3.63) is 27.0 Å². The van der Waals surface area contributed by atoms with Crippen molar-refractivity contribution in [1.82, 2.24) is 14.5 Å². The van der Waals surface area contributed by atoms with Crippen molar-refractivity contribution < 1.29 is 5.11 Å². The van der Waals surface area contributed by atoms with Crippen molar-refractivity contribution >= 4 is 10.9 Å². The number of hydrogen-bond donors (Lipinski definition) is 3. The Hall–Kier alpha value is -1.98. The Bertz CT molecular complexity index is 635. The number of rotatable bonds is 2. The number of nitrogens with one attached hydrogen (secondary N) is 2. The fourth-order valence-electron chi connectivity index (χ4n) is 1.66. The van der Waals surface area contributed by atoms with E-state index in [9.17, 15) is 14.7 Å². The molecule has 2 aromatic rings. The van der Waals surface area contributed by atoms with Gasteiger partial charge in [0.25, 0.3) is 5.56 Å². The molecule has 0 aromatic carbocycles. The van der Waals surface area contributed by atoms with Gasteiger partial charge in [-0.25, -0.2) is 4.79 Å². The quantitative estimate of drug-likeness (QED) is 0.699. The lowest BCUT2D eigenvalue weighted by molar-refractivity contribution is 0.390. The Labute approximate surface area is 90.5 Å². The third-order valence-electron chi connectivity index (χ3n) is 2.78. The van der Waals surface area contributed by atoms with Gasteiger partial charge in [-0.1, -0.05) is 6.92 Å². The van der Waals surface area contributed by atoms with Gasteiger partial charge >= 0.3 is 5.69 Å². The minimum atomic E-state index is -0.616. The molecule has 16 heavy (non-hydrogen) atoms. The molecule has 86 valence electrons. The molecule has 0 radical (unpaired) electrons. The third kappa shape index (κ3) is 1.42. The molecule has 6 heteroatoms. The van der Waals surface area contributed by atoms with Crippen molar-refractivity contribution in [1.29, 1.82) is 0 Å². The van der Waals surface area contributed by atoms with Crippen LogP contribution in [0.2, 0.25) is 0 Å². The second kappa shape index (κ2) is 3.55. The lowest BCUT2D eigenvalue weighted by Crippen LogP contribution is -2.20. The molecule has 2 heterocycles. The third-order valence-corrected chi connectivity index (χ3v) is 2.78. The predicted octanol–water partition coefficient (Wildman–Crippen LogP) is 0.694. The van der Waals surface area contributed by atoms with Gasteiger partial charge < -0.3 is 14.7 Å². The lowest BCUT2D eigenvalue weighted by atomic mass is 10.2. The van der Waals surface area contributed by atoms with Gasteiger partial charge in [-0.2, -0.15) is 0 Å². The van der Waals surface area contributed by atoms with E-state index in [1.54, 1.807) is 10.8 Å². The van der Waals surface area contributed by atoms with E-state index in [-0.39, 0.29) is 22.8 Å². The number of hydrogen-bond acceptors (Lipinski definition) is 3. The molecule has 0 aliphatic carbocycles. The standard InChI is InChI=1S/C10H13N3O3/c1-3-5(2)13-4-6-7(9(13)15)11-10(16)12-8(6)14/h4-5,15H,3H2,1-2H3,(H2,11,12,14,16)/t5-/m0/s1. The van der Waals surface area contributed by atoms with Gasteiger partial charge in [-0.15, -0.1) is 0 Å². The van der Waals surface area contributed by atoms with E-state index in [1.165, 1.54) is 0 Å². The SMILES string of the molecule is CC[C@H](C)n1cc2c(=O)[nH]c(=O)[nH]c2c1O. The molecule has 0 fully saturated rings. The van der Waals surface area contributed by atoms with Gasteiger partial charge in [0, 0.05) is 12.2 Å². The Morgan fingerprint density at radius 3 is 2.75 bits per heavy atom. The Morgan fingerprint density at radius 1 is 1.44 bits per heavy atom. The predicted molar refractivity (Wildman–Crippen MR) is 59.8 cm³/mol. The summed E-state index contributed by atoms with van der Waals surface area (Å²) >= 11 is 0. The zero-order valence-electron chi connectivity index (χ0n) is 9.07. The maximum Gasteiger partial charge on any atom is 0.326 e. The second-order valence-electron chi connectivity index (χ2n) is 3.81. The molecule has 0 amide bonds. The van der Waals surface area contributed by atoms with Gasteiger partial charge in [0.05, 0.1) is 5.39 Å². The average molecular weight is 223 g/mol. The molecule has 0 bridgehead atoms. The van der Waals surface area contributed by atoms with Crippen LogP contribution in [0.4, 0.5) is 0 Å². The summed E-state index contributed by atoms with van der Waals surface area (Å²) in [7, 11) is 0. The first-order valence-electron chi connectivity index (χ1n) is 5.10. The monoisotopic (exact) mass is 223 g/mol. The first kappa shape index (κ1) is 10.5. The minimum absolute atomic E-state index is 0.0651. The van der Waals surface area contributed by atoms with Gasteiger partial charge in [-0.3, -0.25) is 9.78 Å². The smallest absolute Gasteiger partial charge is 0.326 e. The normalized spacial score (nSPS) is 13.1. The van der Waals surface area contributed by atoms with Gasteiger partial charge in [0.15, 0.2) is 0 Å². The van der Waals surface area contributed by atoms with Crippen molar-refractivity contribution in [3.8, 4) is 5.88 Å². The van der Waals surface area contributed by atoms with Crippen molar-refractivity contribution in [2.75, 3.05) is 0 Å². The van der Waals surface area contributed by atoms with Gasteiger partial charge in [0.1, 0.15) is 5.52 Å². The Morgan fingerprint density at radius 2 is 2.12 bits per heavy atom. The average Bonchev–Trinajstić information content (AvgIpc) is 2.56. The van der Waals surface area contributed by atoms with E-state index < -0.39 is 11.2 Å². The van der Waals surface area contributed by atoms with Crippen LogP contribution in [-0.4, -0.2) is 19.6 Å². The number of aromatic hydroxyl groups is 1. The highest BCUT2D eigenvalue weighted by Gasteiger charge is 2.14. The number of nitrogens with zero attached hydrogens (tertiary/aromatic N) is 1. The van der Waals surface area contributed by atoms with Crippen LogP contribution in [0.25, 0.3) is 10.9 Å². The highest BCUT2D eigenvalue weighted by molar-refractivity contribution is 5.82. The highest BCUT2D eigenvalue weighted by Crippen LogP contribution is 2.26. The maximum atomic E-state index is 11.5. The van der Waals surface area contributed by atoms with Crippen LogP contribution in [0.5, 0.6) is 5.88 Å². The van der Waals surface area contributed by atoms with E-state index in [4.69, 9.17) is 0 Å². The molecule has 1 atom stereocenters. The van der Waals surface area contributed by atoms with Gasteiger partial charge in [-0.05, 0) is 13.3 Å². The van der Waals surface area contributed by atoms with E-state index in [1.807, 2.05) is 13.8 Å².